The first-order valence-electron chi connectivity index (χ1n) is 20.4. The zero-order valence-electron chi connectivity index (χ0n) is 32.6. The highest BCUT2D eigenvalue weighted by atomic mass is 15.0. The summed E-state index contributed by atoms with van der Waals surface area (Å²) in [6.07, 6.45) is 0. The lowest BCUT2D eigenvalue weighted by molar-refractivity contribution is 1.17. The Hall–Kier alpha value is -8.08. The molecule has 0 bridgehead atoms. The molecule has 0 amide bonds. The van der Waals surface area contributed by atoms with E-state index in [0.717, 1.165) is 39.5 Å². The molecule has 0 radical (unpaired) electrons. The van der Waals surface area contributed by atoms with Crippen LogP contribution in [0.5, 0.6) is 0 Å². The van der Waals surface area contributed by atoms with Crippen LogP contribution in [0.1, 0.15) is 0 Å². The molecule has 0 fully saturated rings. The van der Waals surface area contributed by atoms with Gasteiger partial charge in [-0.25, -0.2) is 9.97 Å². The zero-order valence-corrected chi connectivity index (χ0v) is 32.6. The van der Waals surface area contributed by atoms with Crippen molar-refractivity contribution in [3.05, 3.63) is 218 Å². The van der Waals surface area contributed by atoms with Gasteiger partial charge in [0.1, 0.15) is 0 Å². The standard InChI is InChI=1S/C56H36N4/c1-3-15-39(16-4-1)56-57-49(36-50(58-56)42-27-26-37-14-7-8-17-40(37)34-42)38-28-31-44(32-29-38)60-52-24-12-10-21-47(52)55-45(22-13-25-54(55)60)41-30-33-53-48(35-41)46-20-9-11-23-51(46)59(53)43-18-5-2-6-19-43/h1-36H. The van der Waals surface area contributed by atoms with Crippen molar-refractivity contribution >= 4 is 54.4 Å². The summed E-state index contributed by atoms with van der Waals surface area (Å²) >= 11 is 0. The minimum atomic E-state index is 0.707. The Morgan fingerprint density at radius 1 is 0.300 bits per heavy atom. The molecule has 60 heavy (non-hydrogen) atoms. The van der Waals surface area contributed by atoms with Crippen molar-refractivity contribution in [2.45, 2.75) is 0 Å². The summed E-state index contributed by atoms with van der Waals surface area (Å²) < 4.78 is 4.77. The van der Waals surface area contributed by atoms with E-state index in [2.05, 4.69) is 209 Å². The molecule has 0 saturated heterocycles. The first-order chi connectivity index (χ1) is 29.7. The van der Waals surface area contributed by atoms with Crippen molar-refractivity contribution in [1.29, 1.82) is 0 Å². The van der Waals surface area contributed by atoms with E-state index in [0.29, 0.717) is 5.82 Å². The van der Waals surface area contributed by atoms with Crippen molar-refractivity contribution in [2.24, 2.45) is 0 Å². The van der Waals surface area contributed by atoms with Crippen LogP contribution in [0, 0.1) is 0 Å². The van der Waals surface area contributed by atoms with Gasteiger partial charge in [-0.1, -0.05) is 152 Å². The van der Waals surface area contributed by atoms with E-state index in [1.807, 2.05) is 18.2 Å². The molecule has 0 atom stereocenters. The van der Waals surface area contributed by atoms with Gasteiger partial charge >= 0.3 is 0 Å². The predicted octanol–water partition coefficient (Wildman–Crippen LogP) is 14.5. The molecule has 12 rings (SSSR count). The fourth-order valence-electron chi connectivity index (χ4n) is 9.12. The highest BCUT2D eigenvalue weighted by Crippen LogP contribution is 2.41. The monoisotopic (exact) mass is 764 g/mol. The maximum Gasteiger partial charge on any atom is 0.160 e. The number of para-hydroxylation sites is 3. The van der Waals surface area contributed by atoms with E-state index < -0.39 is 0 Å². The topological polar surface area (TPSA) is 35.6 Å². The normalized spacial score (nSPS) is 11.7. The summed E-state index contributed by atoms with van der Waals surface area (Å²) in [4.78, 5) is 10.2. The summed E-state index contributed by atoms with van der Waals surface area (Å²) in [5.41, 5.74) is 14.3. The highest BCUT2D eigenvalue weighted by molar-refractivity contribution is 6.17. The van der Waals surface area contributed by atoms with Crippen molar-refractivity contribution in [3.8, 4) is 56.4 Å². The Morgan fingerprint density at radius 3 is 1.67 bits per heavy atom. The third-order valence-corrected chi connectivity index (χ3v) is 11.9. The number of fused-ring (bicyclic) bond motifs is 7. The largest absolute Gasteiger partial charge is 0.309 e. The number of benzene rings is 9. The molecular weight excluding hydrogens is 729 g/mol. The lowest BCUT2D eigenvalue weighted by Crippen LogP contribution is -1.97. The molecule has 0 aliphatic carbocycles. The van der Waals surface area contributed by atoms with Crippen LogP contribution in [0.2, 0.25) is 0 Å². The van der Waals surface area contributed by atoms with Crippen molar-refractivity contribution in [2.75, 3.05) is 0 Å². The number of hydrogen-bond acceptors (Lipinski definition) is 2. The van der Waals surface area contributed by atoms with Crippen molar-refractivity contribution in [3.63, 3.8) is 0 Å². The van der Waals surface area contributed by atoms with E-state index in [1.165, 1.54) is 65.5 Å². The van der Waals surface area contributed by atoms with E-state index in [4.69, 9.17) is 9.97 Å². The molecule has 0 saturated carbocycles. The molecule has 280 valence electrons. The van der Waals surface area contributed by atoms with Crippen LogP contribution in [0.3, 0.4) is 0 Å². The zero-order chi connectivity index (χ0) is 39.6. The molecule has 0 N–H and O–H groups in total. The van der Waals surface area contributed by atoms with Gasteiger partial charge in [0.25, 0.3) is 0 Å². The predicted molar refractivity (Wildman–Crippen MR) is 250 cm³/mol. The Balaban J connectivity index is 0.986. The van der Waals surface area contributed by atoms with Gasteiger partial charge in [0, 0.05) is 49.6 Å². The molecule has 4 heteroatoms. The first kappa shape index (κ1) is 34.0. The van der Waals surface area contributed by atoms with Gasteiger partial charge in [-0.05, 0) is 88.6 Å². The van der Waals surface area contributed by atoms with Gasteiger partial charge < -0.3 is 9.13 Å². The minimum Gasteiger partial charge on any atom is -0.309 e. The van der Waals surface area contributed by atoms with E-state index in [-0.39, 0.29) is 0 Å². The minimum absolute atomic E-state index is 0.707. The lowest BCUT2D eigenvalue weighted by Gasteiger charge is -2.12. The molecule has 4 nitrogen and oxygen atoms in total. The number of nitrogens with zero attached hydrogens (tertiary/aromatic N) is 4. The molecule has 0 aliphatic heterocycles. The molecule has 12 aromatic rings. The molecular formula is C56H36N4. The Bertz CT molecular complexity index is 3580. The average molecular weight is 765 g/mol. The van der Waals surface area contributed by atoms with Gasteiger partial charge in [-0.15, -0.1) is 0 Å². The second-order valence-electron chi connectivity index (χ2n) is 15.4. The fourth-order valence-corrected chi connectivity index (χ4v) is 9.12. The highest BCUT2D eigenvalue weighted by Gasteiger charge is 2.19. The smallest absolute Gasteiger partial charge is 0.160 e. The summed E-state index contributed by atoms with van der Waals surface area (Å²) in [6.45, 7) is 0. The van der Waals surface area contributed by atoms with Crippen LogP contribution in [-0.4, -0.2) is 19.1 Å². The Labute approximate surface area is 346 Å². The molecule has 0 unspecified atom stereocenters. The molecule has 3 heterocycles. The van der Waals surface area contributed by atoms with Crippen LogP contribution >= 0.6 is 0 Å². The van der Waals surface area contributed by atoms with Gasteiger partial charge in [0.05, 0.1) is 33.5 Å². The molecule has 0 spiro atoms. The van der Waals surface area contributed by atoms with Crippen molar-refractivity contribution in [1.82, 2.24) is 19.1 Å². The van der Waals surface area contributed by atoms with E-state index >= 15 is 0 Å². The van der Waals surface area contributed by atoms with E-state index in [9.17, 15) is 0 Å². The molecule has 0 aliphatic rings. The van der Waals surface area contributed by atoms with Crippen LogP contribution in [0.15, 0.2) is 218 Å². The van der Waals surface area contributed by atoms with Crippen molar-refractivity contribution < 1.29 is 0 Å². The second kappa shape index (κ2) is 13.8. The SMILES string of the molecule is c1ccc(-c2nc(-c3ccc(-n4c5ccccc5c5c(-c6ccc7c(c6)c6ccccc6n7-c6ccccc6)cccc54)cc3)cc(-c3ccc4ccccc4c3)n2)cc1. The maximum atomic E-state index is 5.14. The van der Waals surface area contributed by atoms with Gasteiger partial charge in [0.15, 0.2) is 5.82 Å². The third kappa shape index (κ3) is 5.53. The van der Waals surface area contributed by atoms with Crippen LogP contribution < -0.4 is 0 Å². The number of aromatic nitrogens is 4. The molecule has 9 aromatic carbocycles. The van der Waals surface area contributed by atoms with Crippen LogP contribution in [0.4, 0.5) is 0 Å². The van der Waals surface area contributed by atoms with Gasteiger partial charge in [-0.3, -0.25) is 0 Å². The number of hydrogen-bond donors (Lipinski definition) is 0. The second-order valence-corrected chi connectivity index (χ2v) is 15.4. The molecule has 3 aromatic heterocycles. The van der Waals surface area contributed by atoms with E-state index in [1.54, 1.807) is 0 Å². The fraction of sp³-hybridized carbons (Fsp3) is 0. The summed E-state index contributed by atoms with van der Waals surface area (Å²) in [5, 5.41) is 7.35. The van der Waals surface area contributed by atoms with Crippen LogP contribution in [0.25, 0.3) is 111 Å². The average Bonchev–Trinajstić information content (AvgIpc) is 3.85. The lowest BCUT2D eigenvalue weighted by atomic mass is 9.98. The van der Waals surface area contributed by atoms with Gasteiger partial charge in [0.2, 0.25) is 0 Å². The summed E-state index contributed by atoms with van der Waals surface area (Å²) in [5.74, 6) is 0.707. The Kier molecular flexibility index (Phi) is 7.82. The first-order valence-corrected chi connectivity index (χ1v) is 20.4. The third-order valence-electron chi connectivity index (χ3n) is 11.9. The summed E-state index contributed by atoms with van der Waals surface area (Å²) in [6, 6.07) is 78.0. The quantitative estimate of drug-likeness (QED) is 0.169. The number of rotatable bonds is 6. The summed E-state index contributed by atoms with van der Waals surface area (Å²) in [7, 11) is 0. The van der Waals surface area contributed by atoms with Gasteiger partial charge in [-0.2, -0.15) is 0 Å². The Morgan fingerprint density at radius 2 is 0.867 bits per heavy atom. The maximum absolute atomic E-state index is 5.14. The van der Waals surface area contributed by atoms with Crippen LogP contribution in [-0.2, 0) is 0 Å².